The van der Waals surface area contributed by atoms with Gasteiger partial charge in [-0.05, 0) is 30.7 Å². The second kappa shape index (κ2) is 6.96. The maximum Gasteiger partial charge on any atom is 0.161 e. The van der Waals surface area contributed by atoms with E-state index in [1.807, 2.05) is 44.4 Å². The fraction of sp³-hybridized carbons (Fsp3) is 0.400. The van der Waals surface area contributed by atoms with E-state index in [2.05, 4.69) is 10.4 Å². The molecule has 0 unspecified atom stereocenters. The van der Waals surface area contributed by atoms with E-state index in [4.69, 9.17) is 9.47 Å². The lowest BCUT2D eigenvalue weighted by molar-refractivity contribution is 0.310. The van der Waals surface area contributed by atoms with Crippen molar-refractivity contribution in [1.82, 2.24) is 15.1 Å². The summed E-state index contributed by atoms with van der Waals surface area (Å²) in [6.45, 7) is 4.10. The number of benzene rings is 1. The molecule has 2 aromatic rings. The third-order valence-corrected chi connectivity index (χ3v) is 2.93. The quantitative estimate of drug-likeness (QED) is 0.841. The summed E-state index contributed by atoms with van der Waals surface area (Å²) in [7, 11) is 3.57. The van der Waals surface area contributed by atoms with Gasteiger partial charge in [-0.2, -0.15) is 5.10 Å². The van der Waals surface area contributed by atoms with Gasteiger partial charge in [-0.15, -0.1) is 0 Å². The largest absolute Gasteiger partial charge is 0.493 e. The van der Waals surface area contributed by atoms with Crippen molar-refractivity contribution < 1.29 is 9.47 Å². The first kappa shape index (κ1) is 14.4. The molecule has 5 heteroatoms. The minimum atomic E-state index is 0.633. The van der Waals surface area contributed by atoms with Crippen LogP contribution < -0.4 is 14.8 Å². The van der Waals surface area contributed by atoms with Gasteiger partial charge in [0.2, 0.25) is 0 Å². The zero-order valence-corrected chi connectivity index (χ0v) is 12.2. The Hall–Kier alpha value is -2.01. The molecule has 0 aliphatic carbocycles. The Morgan fingerprint density at radius 3 is 2.70 bits per heavy atom. The van der Waals surface area contributed by atoms with Crippen LogP contribution in [0.2, 0.25) is 0 Å². The van der Waals surface area contributed by atoms with Gasteiger partial charge in [-0.3, -0.25) is 4.68 Å². The fourth-order valence-corrected chi connectivity index (χ4v) is 1.99. The Labute approximate surface area is 119 Å². The van der Waals surface area contributed by atoms with Crippen LogP contribution in [0.3, 0.4) is 0 Å². The van der Waals surface area contributed by atoms with Crippen molar-refractivity contribution in [3.63, 3.8) is 0 Å². The molecule has 0 aliphatic rings. The van der Waals surface area contributed by atoms with Crippen LogP contribution in [0, 0.1) is 0 Å². The Kier molecular flexibility index (Phi) is 5.01. The van der Waals surface area contributed by atoms with Crippen LogP contribution in [-0.2, 0) is 20.1 Å². The predicted molar refractivity (Wildman–Crippen MR) is 77.9 cm³/mol. The highest BCUT2D eigenvalue weighted by Crippen LogP contribution is 2.27. The van der Waals surface area contributed by atoms with Gasteiger partial charge in [0.15, 0.2) is 11.5 Å². The predicted octanol–water partition coefficient (Wildman–Crippen LogP) is 2.12. The SMILES string of the molecule is CCOc1ccc(CNCc2ccn(C)n2)cc1OC. The smallest absolute Gasteiger partial charge is 0.161 e. The number of nitrogens with zero attached hydrogens (tertiary/aromatic N) is 2. The molecular weight excluding hydrogens is 254 g/mol. The summed E-state index contributed by atoms with van der Waals surface area (Å²) >= 11 is 0. The zero-order valence-electron chi connectivity index (χ0n) is 12.2. The van der Waals surface area contributed by atoms with Gasteiger partial charge in [0.25, 0.3) is 0 Å². The highest BCUT2D eigenvalue weighted by molar-refractivity contribution is 5.42. The van der Waals surface area contributed by atoms with E-state index >= 15 is 0 Å². The van der Waals surface area contributed by atoms with Crippen LogP contribution in [0.25, 0.3) is 0 Å². The molecule has 1 heterocycles. The average molecular weight is 275 g/mol. The maximum atomic E-state index is 5.50. The van der Waals surface area contributed by atoms with Gasteiger partial charge in [-0.1, -0.05) is 6.07 Å². The van der Waals surface area contributed by atoms with Crippen molar-refractivity contribution >= 4 is 0 Å². The number of rotatable bonds is 7. The summed E-state index contributed by atoms with van der Waals surface area (Å²) in [5.74, 6) is 1.55. The van der Waals surface area contributed by atoms with E-state index in [9.17, 15) is 0 Å². The van der Waals surface area contributed by atoms with Crippen LogP contribution in [0.15, 0.2) is 30.5 Å². The number of nitrogens with one attached hydrogen (secondary N) is 1. The second-order valence-corrected chi connectivity index (χ2v) is 4.50. The molecule has 0 atom stereocenters. The van der Waals surface area contributed by atoms with Crippen LogP contribution >= 0.6 is 0 Å². The Morgan fingerprint density at radius 2 is 2.05 bits per heavy atom. The van der Waals surface area contributed by atoms with E-state index in [1.54, 1.807) is 11.8 Å². The van der Waals surface area contributed by atoms with Crippen molar-refractivity contribution in [1.29, 1.82) is 0 Å². The summed E-state index contributed by atoms with van der Waals surface area (Å²) in [4.78, 5) is 0. The molecule has 0 bridgehead atoms. The van der Waals surface area contributed by atoms with Crippen LogP contribution in [0.5, 0.6) is 11.5 Å². The Balaban J connectivity index is 1.92. The molecule has 1 aromatic heterocycles. The number of ether oxygens (including phenoxy) is 2. The van der Waals surface area contributed by atoms with Crippen LogP contribution in [-0.4, -0.2) is 23.5 Å². The van der Waals surface area contributed by atoms with Gasteiger partial charge in [-0.25, -0.2) is 0 Å². The first-order chi connectivity index (χ1) is 9.72. The third kappa shape index (κ3) is 3.74. The molecule has 0 spiro atoms. The van der Waals surface area contributed by atoms with Gasteiger partial charge < -0.3 is 14.8 Å². The monoisotopic (exact) mass is 275 g/mol. The second-order valence-electron chi connectivity index (χ2n) is 4.50. The Bertz CT molecular complexity index is 552. The minimum absolute atomic E-state index is 0.633. The lowest BCUT2D eigenvalue weighted by Gasteiger charge is -2.11. The standard InChI is InChI=1S/C15H21N3O2/c1-4-20-14-6-5-12(9-15(14)19-3)10-16-11-13-7-8-18(2)17-13/h5-9,16H,4,10-11H2,1-3H3. The lowest BCUT2D eigenvalue weighted by atomic mass is 10.2. The Morgan fingerprint density at radius 1 is 1.20 bits per heavy atom. The number of aromatic nitrogens is 2. The van der Waals surface area contributed by atoms with Gasteiger partial charge >= 0.3 is 0 Å². The molecule has 5 nitrogen and oxygen atoms in total. The van der Waals surface area contributed by atoms with Crippen LogP contribution in [0.1, 0.15) is 18.2 Å². The van der Waals surface area contributed by atoms with Crippen molar-refractivity contribution in [2.75, 3.05) is 13.7 Å². The molecule has 0 fully saturated rings. The summed E-state index contributed by atoms with van der Waals surface area (Å²) in [6.07, 6.45) is 1.94. The van der Waals surface area contributed by atoms with E-state index in [1.165, 1.54) is 0 Å². The van der Waals surface area contributed by atoms with E-state index < -0.39 is 0 Å². The van der Waals surface area contributed by atoms with Gasteiger partial charge in [0, 0.05) is 26.3 Å². The van der Waals surface area contributed by atoms with Crippen molar-refractivity contribution in [2.45, 2.75) is 20.0 Å². The molecule has 0 radical (unpaired) electrons. The number of aryl methyl sites for hydroxylation is 1. The van der Waals surface area contributed by atoms with Crippen molar-refractivity contribution in [2.24, 2.45) is 7.05 Å². The molecule has 0 aliphatic heterocycles. The summed E-state index contributed by atoms with van der Waals surface area (Å²) in [5, 5.41) is 7.69. The third-order valence-electron chi connectivity index (χ3n) is 2.93. The van der Waals surface area contributed by atoms with Crippen molar-refractivity contribution in [3.05, 3.63) is 41.7 Å². The molecule has 108 valence electrons. The highest BCUT2D eigenvalue weighted by atomic mass is 16.5. The number of hydrogen-bond donors (Lipinski definition) is 1. The van der Waals surface area contributed by atoms with Gasteiger partial charge in [0.05, 0.1) is 19.4 Å². The summed E-state index contributed by atoms with van der Waals surface area (Å²) < 4.78 is 12.6. The van der Waals surface area contributed by atoms with E-state index in [0.717, 1.165) is 35.8 Å². The fourth-order valence-electron chi connectivity index (χ4n) is 1.99. The normalized spacial score (nSPS) is 10.6. The van der Waals surface area contributed by atoms with Crippen LogP contribution in [0.4, 0.5) is 0 Å². The average Bonchev–Trinajstić information content (AvgIpc) is 2.86. The lowest BCUT2D eigenvalue weighted by Crippen LogP contribution is -2.13. The molecule has 1 N–H and O–H groups in total. The van der Waals surface area contributed by atoms with Crippen molar-refractivity contribution in [3.8, 4) is 11.5 Å². The molecule has 2 rings (SSSR count). The van der Waals surface area contributed by atoms with E-state index in [0.29, 0.717) is 6.61 Å². The summed E-state index contributed by atoms with van der Waals surface area (Å²) in [6, 6.07) is 7.99. The summed E-state index contributed by atoms with van der Waals surface area (Å²) in [5.41, 5.74) is 2.19. The highest BCUT2D eigenvalue weighted by Gasteiger charge is 2.05. The molecule has 0 saturated heterocycles. The van der Waals surface area contributed by atoms with Gasteiger partial charge in [0.1, 0.15) is 0 Å². The molecule has 1 aromatic carbocycles. The topological polar surface area (TPSA) is 48.3 Å². The molecular formula is C15H21N3O2. The molecule has 20 heavy (non-hydrogen) atoms. The molecule has 0 saturated carbocycles. The molecule has 0 amide bonds. The van der Waals surface area contributed by atoms with E-state index in [-0.39, 0.29) is 0 Å². The number of methoxy groups -OCH3 is 1. The maximum absolute atomic E-state index is 5.50. The number of hydrogen-bond acceptors (Lipinski definition) is 4. The minimum Gasteiger partial charge on any atom is -0.493 e. The first-order valence-corrected chi connectivity index (χ1v) is 6.72. The first-order valence-electron chi connectivity index (χ1n) is 6.72. The zero-order chi connectivity index (χ0) is 14.4.